The molecule has 0 bridgehead atoms. The Balaban J connectivity index is 2.52. The minimum Gasteiger partial charge on any atom is -0.394 e. The highest BCUT2D eigenvalue weighted by atomic mass is 32.2. The molecule has 6 nitrogen and oxygen atoms in total. The molecule has 1 aromatic rings. The van der Waals surface area contributed by atoms with E-state index in [4.69, 9.17) is 5.11 Å². The molecule has 0 aliphatic rings. The van der Waals surface area contributed by atoms with Gasteiger partial charge in [-0.3, -0.25) is 4.79 Å². The van der Waals surface area contributed by atoms with Gasteiger partial charge < -0.3 is 10.4 Å². The number of carbonyl (C=O) groups is 1. The monoisotopic (exact) mass is 332 g/mol. The molecule has 1 amide bonds. The van der Waals surface area contributed by atoms with E-state index in [9.17, 15) is 17.6 Å². The van der Waals surface area contributed by atoms with Gasteiger partial charge in [0.25, 0.3) is 0 Å². The summed E-state index contributed by atoms with van der Waals surface area (Å²) in [7, 11) is -2.28. The smallest absolute Gasteiger partial charge is 0.242 e. The molecule has 22 heavy (non-hydrogen) atoms. The maximum Gasteiger partial charge on any atom is 0.242 e. The van der Waals surface area contributed by atoms with Crippen molar-refractivity contribution in [3.63, 3.8) is 0 Å². The summed E-state index contributed by atoms with van der Waals surface area (Å²) in [5.41, 5.74) is 0. The maximum absolute atomic E-state index is 12.8. The number of nitrogens with zero attached hydrogens (tertiary/aromatic N) is 1. The Morgan fingerprint density at radius 2 is 1.95 bits per heavy atom. The van der Waals surface area contributed by atoms with Crippen molar-refractivity contribution in [3.05, 3.63) is 30.1 Å². The first kappa shape index (κ1) is 18.5. The van der Waals surface area contributed by atoms with E-state index in [0.29, 0.717) is 6.42 Å². The Labute approximate surface area is 130 Å². The highest BCUT2D eigenvalue weighted by Gasteiger charge is 2.20. The number of hydrogen-bond acceptors (Lipinski definition) is 4. The summed E-state index contributed by atoms with van der Waals surface area (Å²) < 4.78 is 38.4. The number of sulfonamides is 1. The fourth-order valence-corrected chi connectivity index (χ4v) is 2.97. The van der Waals surface area contributed by atoms with Crippen molar-refractivity contribution < 1.29 is 22.7 Å². The van der Waals surface area contributed by atoms with Gasteiger partial charge in [-0.1, -0.05) is 0 Å². The summed E-state index contributed by atoms with van der Waals surface area (Å²) in [6.45, 7) is 1.69. The van der Waals surface area contributed by atoms with Crippen molar-refractivity contribution in [1.29, 1.82) is 0 Å². The van der Waals surface area contributed by atoms with Crippen LogP contribution in [0.5, 0.6) is 0 Å². The number of rotatable bonds is 8. The van der Waals surface area contributed by atoms with Crippen molar-refractivity contribution >= 4 is 15.9 Å². The summed E-state index contributed by atoms with van der Waals surface area (Å²) in [5.74, 6) is -0.745. The number of carbonyl (C=O) groups excluding carboxylic acids is 1. The molecule has 1 rings (SSSR count). The van der Waals surface area contributed by atoms with Gasteiger partial charge >= 0.3 is 0 Å². The van der Waals surface area contributed by atoms with Crippen LogP contribution in [0.25, 0.3) is 0 Å². The van der Waals surface area contributed by atoms with Crippen molar-refractivity contribution in [1.82, 2.24) is 9.62 Å². The van der Waals surface area contributed by atoms with E-state index in [2.05, 4.69) is 5.32 Å². The fraction of sp³-hybridized carbons (Fsp3) is 0.500. The van der Waals surface area contributed by atoms with Gasteiger partial charge in [-0.25, -0.2) is 17.1 Å². The average molecular weight is 332 g/mol. The SMILES string of the molecule is CC(CO)NC(=O)CCCN(C)S(=O)(=O)c1ccc(F)cc1. The highest BCUT2D eigenvalue weighted by Crippen LogP contribution is 2.15. The molecule has 0 fully saturated rings. The van der Waals surface area contributed by atoms with Crippen LogP contribution >= 0.6 is 0 Å². The largest absolute Gasteiger partial charge is 0.394 e. The summed E-state index contributed by atoms with van der Waals surface area (Å²) in [6, 6.07) is 4.26. The van der Waals surface area contributed by atoms with E-state index in [-0.39, 0.29) is 36.4 Å². The van der Waals surface area contributed by atoms with Crippen LogP contribution < -0.4 is 5.32 Å². The lowest BCUT2D eigenvalue weighted by molar-refractivity contribution is -0.122. The molecule has 8 heteroatoms. The third kappa shape index (κ3) is 5.36. The molecule has 2 N–H and O–H groups in total. The fourth-order valence-electron chi connectivity index (χ4n) is 1.76. The van der Waals surface area contributed by atoms with Gasteiger partial charge in [-0.15, -0.1) is 0 Å². The number of aliphatic hydroxyl groups excluding tert-OH is 1. The summed E-state index contributed by atoms with van der Waals surface area (Å²) in [6.07, 6.45) is 0.508. The second-order valence-corrected chi connectivity index (χ2v) is 7.08. The van der Waals surface area contributed by atoms with Crippen molar-refractivity contribution in [3.8, 4) is 0 Å². The van der Waals surface area contributed by atoms with Crippen molar-refractivity contribution in [2.75, 3.05) is 20.2 Å². The topological polar surface area (TPSA) is 86.7 Å². The van der Waals surface area contributed by atoms with Crippen molar-refractivity contribution in [2.24, 2.45) is 0 Å². The molecular weight excluding hydrogens is 311 g/mol. The highest BCUT2D eigenvalue weighted by molar-refractivity contribution is 7.89. The van der Waals surface area contributed by atoms with Crippen LogP contribution in [0.15, 0.2) is 29.2 Å². The molecule has 0 radical (unpaired) electrons. The van der Waals surface area contributed by atoms with Gasteiger partial charge in [-0.2, -0.15) is 0 Å². The summed E-state index contributed by atoms with van der Waals surface area (Å²) >= 11 is 0. The zero-order valence-corrected chi connectivity index (χ0v) is 13.4. The second kappa shape index (κ2) is 8.21. The van der Waals surface area contributed by atoms with E-state index >= 15 is 0 Å². The second-order valence-electron chi connectivity index (χ2n) is 5.04. The van der Waals surface area contributed by atoms with Crippen molar-refractivity contribution in [2.45, 2.75) is 30.7 Å². The first-order valence-corrected chi connectivity index (χ1v) is 8.33. The molecule has 124 valence electrons. The van der Waals surface area contributed by atoms with E-state index in [1.54, 1.807) is 6.92 Å². The molecule has 0 aliphatic carbocycles. The zero-order chi connectivity index (χ0) is 16.8. The van der Waals surface area contributed by atoms with Gasteiger partial charge in [-0.05, 0) is 37.6 Å². The molecule has 0 heterocycles. The van der Waals surface area contributed by atoms with Crippen LogP contribution in [0.2, 0.25) is 0 Å². The summed E-state index contributed by atoms with van der Waals surface area (Å²) in [5, 5.41) is 11.4. The lowest BCUT2D eigenvalue weighted by Crippen LogP contribution is -2.35. The summed E-state index contributed by atoms with van der Waals surface area (Å²) in [4.78, 5) is 11.5. The molecule has 0 saturated carbocycles. The molecular formula is C14H21FN2O4S. The molecule has 0 spiro atoms. The third-order valence-electron chi connectivity index (χ3n) is 3.08. The van der Waals surface area contributed by atoms with Crippen LogP contribution in [0.3, 0.4) is 0 Å². The third-order valence-corrected chi connectivity index (χ3v) is 4.95. The number of nitrogens with one attached hydrogen (secondary N) is 1. The Kier molecular flexibility index (Phi) is 6.92. The van der Waals surface area contributed by atoms with Gasteiger partial charge in [0.2, 0.25) is 15.9 Å². The van der Waals surface area contributed by atoms with Crippen LogP contribution in [0.1, 0.15) is 19.8 Å². The zero-order valence-electron chi connectivity index (χ0n) is 12.6. The lowest BCUT2D eigenvalue weighted by Gasteiger charge is -2.17. The molecule has 0 aromatic heterocycles. The number of benzene rings is 1. The molecule has 1 aromatic carbocycles. The Morgan fingerprint density at radius 3 is 2.50 bits per heavy atom. The standard InChI is InChI=1S/C14H21FN2O4S/c1-11(10-18)16-14(19)4-3-9-17(2)22(20,21)13-7-5-12(15)6-8-13/h5-8,11,18H,3-4,9-10H2,1-2H3,(H,16,19). The van der Waals surface area contributed by atoms with Gasteiger partial charge in [0.05, 0.1) is 11.5 Å². The van der Waals surface area contributed by atoms with Crippen LogP contribution in [-0.2, 0) is 14.8 Å². The minimum atomic E-state index is -3.69. The lowest BCUT2D eigenvalue weighted by atomic mass is 10.2. The molecule has 1 unspecified atom stereocenters. The Hall–Kier alpha value is -1.51. The van der Waals surface area contributed by atoms with Crippen LogP contribution in [-0.4, -0.2) is 50.0 Å². The molecule has 0 aliphatic heterocycles. The van der Waals surface area contributed by atoms with E-state index in [1.165, 1.54) is 19.2 Å². The first-order chi connectivity index (χ1) is 10.3. The Morgan fingerprint density at radius 1 is 1.36 bits per heavy atom. The van der Waals surface area contributed by atoms with Gasteiger partial charge in [0, 0.05) is 26.1 Å². The van der Waals surface area contributed by atoms with E-state index in [1.807, 2.05) is 0 Å². The van der Waals surface area contributed by atoms with E-state index < -0.39 is 15.8 Å². The van der Waals surface area contributed by atoms with Crippen LogP contribution in [0, 0.1) is 5.82 Å². The Bertz CT molecular complexity index is 589. The predicted molar refractivity (Wildman–Crippen MR) is 80.1 cm³/mol. The average Bonchev–Trinajstić information content (AvgIpc) is 2.47. The number of amides is 1. The predicted octanol–water partition coefficient (Wildman–Crippen LogP) is 0.723. The number of halogens is 1. The van der Waals surface area contributed by atoms with E-state index in [0.717, 1.165) is 16.4 Å². The number of aliphatic hydroxyl groups is 1. The number of hydrogen-bond donors (Lipinski definition) is 2. The molecule has 1 atom stereocenters. The molecule has 0 saturated heterocycles. The minimum absolute atomic E-state index is 0.00903. The van der Waals surface area contributed by atoms with Crippen LogP contribution in [0.4, 0.5) is 4.39 Å². The first-order valence-electron chi connectivity index (χ1n) is 6.89. The van der Waals surface area contributed by atoms with Gasteiger partial charge in [0.1, 0.15) is 5.82 Å². The quantitative estimate of drug-likeness (QED) is 0.734. The normalized spacial score (nSPS) is 13.1. The maximum atomic E-state index is 12.8. The van der Waals surface area contributed by atoms with Gasteiger partial charge in [0.15, 0.2) is 0 Å².